The molecular weight excluding hydrogens is 328 g/mol. The Morgan fingerprint density at radius 3 is 2.04 bits per heavy atom. The minimum absolute atomic E-state index is 0.0403. The molecule has 9 heteroatoms. The van der Waals surface area contributed by atoms with Gasteiger partial charge in [0.1, 0.15) is 0 Å². The number of hydrogen-bond donors (Lipinski definition) is 1. The molecule has 0 aromatic heterocycles. The Labute approximate surface area is 127 Å². The smallest absolute Gasteiger partial charge is 0.418 e. The minimum atomic E-state index is -4.79. The Morgan fingerprint density at radius 1 is 1.04 bits per heavy atom. The van der Waals surface area contributed by atoms with Gasteiger partial charge < -0.3 is 10.0 Å². The fraction of sp³-hybridized carbons (Fsp3) is 0.500. The summed E-state index contributed by atoms with van der Waals surface area (Å²) in [6.07, 6.45) is -9.37. The molecule has 0 amide bonds. The molecule has 1 aliphatic rings. The predicted octanol–water partition coefficient (Wildman–Crippen LogP) is 4.03. The minimum Gasteiger partial charge on any atom is -0.481 e. The van der Waals surface area contributed by atoms with Crippen LogP contribution in [-0.2, 0) is 17.1 Å². The van der Waals surface area contributed by atoms with Gasteiger partial charge in [0, 0.05) is 18.8 Å². The van der Waals surface area contributed by atoms with Gasteiger partial charge >= 0.3 is 18.3 Å². The molecule has 0 unspecified atom stereocenters. The molecule has 0 aliphatic carbocycles. The number of carboxylic acids is 1. The maximum Gasteiger partial charge on any atom is 0.418 e. The summed E-state index contributed by atoms with van der Waals surface area (Å²) in [5.41, 5.74) is -2.88. The van der Waals surface area contributed by atoms with Crippen molar-refractivity contribution in [1.29, 1.82) is 0 Å². The van der Waals surface area contributed by atoms with Gasteiger partial charge in [0.15, 0.2) is 0 Å². The first-order valence-corrected chi connectivity index (χ1v) is 6.76. The lowest BCUT2D eigenvalue weighted by Crippen LogP contribution is -2.37. The lowest BCUT2D eigenvalue weighted by atomic mass is 9.95. The first kappa shape index (κ1) is 17.4. The van der Waals surface area contributed by atoms with Gasteiger partial charge in [0.05, 0.1) is 17.0 Å². The fourth-order valence-electron chi connectivity index (χ4n) is 2.58. The SMILES string of the molecule is O=C(O)C1CCN(c2cc(C(F)(F)F)ccc2C(F)(F)F)CC1. The average Bonchev–Trinajstić information content (AvgIpc) is 2.45. The highest BCUT2D eigenvalue weighted by Crippen LogP contribution is 2.41. The van der Waals surface area contributed by atoms with E-state index in [0.717, 1.165) is 4.90 Å². The Balaban J connectivity index is 2.37. The maximum atomic E-state index is 13.0. The summed E-state index contributed by atoms with van der Waals surface area (Å²) in [5.74, 6) is -1.74. The highest BCUT2D eigenvalue weighted by molar-refractivity contribution is 5.70. The molecule has 23 heavy (non-hydrogen) atoms. The third-order valence-electron chi connectivity index (χ3n) is 3.82. The number of piperidine rings is 1. The van der Waals surface area contributed by atoms with Crippen LogP contribution in [0, 0.1) is 5.92 Å². The van der Waals surface area contributed by atoms with E-state index in [1.54, 1.807) is 0 Å². The summed E-state index contributed by atoms with van der Waals surface area (Å²) in [5, 5.41) is 8.88. The second kappa shape index (κ2) is 5.93. The van der Waals surface area contributed by atoms with Crippen LogP contribution in [-0.4, -0.2) is 24.2 Å². The Bertz CT molecular complexity index is 588. The number of carbonyl (C=O) groups is 1. The molecule has 1 heterocycles. The molecule has 0 atom stereocenters. The van der Waals surface area contributed by atoms with Gasteiger partial charge in [0.2, 0.25) is 0 Å². The number of benzene rings is 1. The quantitative estimate of drug-likeness (QED) is 0.826. The number of halogens is 6. The van der Waals surface area contributed by atoms with Crippen LogP contribution in [0.4, 0.5) is 32.0 Å². The molecule has 1 aromatic rings. The summed E-state index contributed by atoms with van der Waals surface area (Å²) >= 11 is 0. The van der Waals surface area contributed by atoms with Crippen LogP contribution < -0.4 is 4.90 Å². The highest BCUT2D eigenvalue weighted by atomic mass is 19.4. The Morgan fingerprint density at radius 2 is 1.61 bits per heavy atom. The van der Waals surface area contributed by atoms with Crippen molar-refractivity contribution >= 4 is 11.7 Å². The number of anilines is 1. The van der Waals surface area contributed by atoms with Crippen LogP contribution in [0.15, 0.2) is 18.2 Å². The lowest BCUT2D eigenvalue weighted by molar-refractivity contribution is -0.142. The summed E-state index contributed by atoms with van der Waals surface area (Å²) in [6.45, 7) is -0.0806. The molecule has 1 saturated heterocycles. The summed E-state index contributed by atoms with van der Waals surface area (Å²) in [7, 11) is 0. The average molecular weight is 341 g/mol. The topological polar surface area (TPSA) is 40.5 Å². The zero-order valence-electron chi connectivity index (χ0n) is 11.7. The van der Waals surface area contributed by atoms with Crippen molar-refractivity contribution in [2.45, 2.75) is 25.2 Å². The van der Waals surface area contributed by atoms with Gasteiger partial charge in [-0.1, -0.05) is 0 Å². The molecule has 0 radical (unpaired) electrons. The van der Waals surface area contributed by atoms with Crippen molar-refractivity contribution in [2.24, 2.45) is 5.92 Å². The third kappa shape index (κ3) is 3.89. The van der Waals surface area contributed by atoms with Crippen LogP contribution in [0.5, 0.6) is 0 Å². The van der Waals surface area contributed by atoms with Crippen LogP contribution in [0.1, 0.15) is 24.0 Å². The normalized spacial score (nSPS) is 17.4. The van der Waals surface area contributed by atoms with Crippen molar-refractivity contribution in [1.82, 2.24) is 0 Å². The van der Waals surface area contributed by atoms with Crippen LogP contribution in [0.3, 0.4) is 0 Å². The third-order valence-corrected chi connectivity index (χ3v) is 3.82. The fourth-order valence-corrected chi connectivity index (χ4v) is 2.58. The van der Waals surface area contributed by atoms with Crippen molar-refractivity contribution in [3.8, 4) is 0 Å². The zero-order chi connectivity index (χ0) is 17.4. The second-order valence-corrected chi connectivity index (χ2v) is 5.33. The number of rotatable bonds is 2. The second-order valence-electron chi connectivity index (χ2n) is 5.33. The van der Waals surface area contributed by atoms with E-state index >= 15 is 0 Å². The van der Waals surface area contributed by atoms with E-state index in [0.29, 0.717) is 18.2 Å². The summed E-state index contributed by atoms with van der Waals surface area (Å²) < 4.78 is 77.4. The van der Waals surface area contributed by atoms with Crippen molar-refractivity contribution in [3.63, 3.8) is 0 Å². The summed E-state index contributed by atoms with van der Waals surface area (Å²) in [6, 6.07) is 1.29. The van der Waals surface area contributed by atoms with E-state index in [1.165, 1.54) is 0 Å². The molecular formula is C14H13F6NO2. The van der Waals surface area contributed by atoms with Gasteiger partial charge in [0.25, 0.3) is 0 Å². The monoisotopic (exact) mass is 341 g/mol. The summed E-state index contributed by atoms with van der Waals surface area (Å²) in [4.78, 5) is 12.0. The Kier molecular flexibility index (Phi) is 4.50. The predicted molar refractivity (Wildman–Crippen MR) is 69.0 cm³/mol. The van der Waals surface area contributed by atoms with Gasteiger partial charge in [-0.05, 0) is 31.0 Å². The molecule has 128 valence electrons. The zero-order valence-corrected chi connectivity index (χ0v) is 11.7. The van der Waals surface area contributed by atoms with Crippen LogP contribution in [0.2, 0.25) is 0 Å². The van der Waals surface area contributed by atoms with E-state index in [2.05, 4.69) is 0 Å². The van der Waals surface area contributed by atoms with E-state index in [1.807, 2.05) is 0 Å². The molecule has 1 fully saturated rings. The van der Waals surface area contributed by atoms with Crippen molar-refractivity contribution < 1.29 is 36.2 Å². The maximum absolute atomic E-state index is 13.0. The first-order valence-electron chi connectivity index (χ1n) is 6.76. The van der Waals surface area contributed by atoms with E-state index in [9.17, 15) is 31.1 Å². The largest absolute Gasteiger partial charge is 0.481 e. The lowest BCUT2D eigenvalue weighted by Gasteiger charge is -2.34. The standard InChI is InChI=1S/C14H13F6NO2/c15-13(16,17)9-1-2-10(14(18,19)20)11(7-9)21-5-3-8(4-6-21)12(22)23/h1-2,7-8H,3-6H2,(H,22,23). The highest BCUT2D eigenvalue weighted by Gasteiger charge is 2.39. The van der Waals surface area contributed by atoms with Gasteiger partial charge in [-0.3, -0.25) is 4.79 Å². The number of hydrogen-bond acceptors (Lipinski definition) is 2. The van der Waals surface area contributed by atoms with Crippen molar-refractivity contribution in [2.75, 3.05) is 18.0 Å². The number of alkyl halides is 6. The molecule has 0 saturated carbocycles. The van der Waals surface area contributed by atoms with Gasteiger partial charge in [-0.25, -0.2) is 0 Å². The molecule has 1 aromatic carbocycles. The molecule has 0 bridgehead atoms. The van der Waals surface area contributed by atoms with Gasteiger partial charge in [-0.15, -0.1) is 0 Å². The molecule has 1 aliphatic heterocycles. The Hall–Kier alpha value is -1.93. The molecule has 2 rings (SSSR count). The first-order chi connectivity index (χ1) is 10.5. The van der Waals surface area contributed by atoms with Gasteiger partial charge in [-0.2, -0.15) is 26.3 Å². The number of nitrogens with zero attached hydrogens (tertiary/aromatic N) is 1. The van der Waals surface area contributed by atoms with Crippen LogP contribution >= 0.6 is 0 Å². The molecule has 0 spiro atoms. The van der Waals surface area contributed by atoms with E-state index < -0.39 is 41.1 Å². The van der Waals surface area contributed by atoms with E-state index in [-0.39, 0.29) is 25.9 Å². The molecule has 1 N–H and O–H groups in total. The van der Waals surface area contributed by atoms with Crippen molar-refractivity contribution in [3.05, 3.63) is 29.3 Å². The van der Waals surface area contributed by atoms with E-state index in [4.69, 9.17) is 5.11 Å². The van der Waals surface area contributed by atoms with Crippen LogP contribution in [0.25, 0.3) is 0 Å². The number of carboxylic acid groups (broad SMARTS) is 1. The number of aliphatic carboxylic acids is 1. The molecule has 3 nitrogen and oxygen atoms in total.